The maximum atomic E-state index is 12.0. The Kier molecular flexibility index (Phi) is 6.13. The third-order valence-corrected chi connectivity index (χ3v) is 3.42. The van der Waals surface area contributed by atoms with Crippen LogP contribution in [0.2, 0.25) is 0 Å². The van der Waals surface area contributed by atoms with Crippen molar-refractivity contribution in [3.63, 3.8) is 0 Å². The zero-order chi connectivity index (χ0) is 16.7. The summed E-state index contributed by atoms with van der Waals surface area (Å²) in [5.74, 6) is 0.0541. The van der Waals surface area contributed by atoms with Crippen LogP contribution in [-0.2, 0) is 4.79 Å². The number of carbonyl (C=O) groups excluding carboxylic acids is 2. The van der Waals surface area contributed by atoms with Crippen molar-refractivity contribution in [1.82, 2.24) is 10.2 Å². The minimum Gasteiger partial charge on any atom is -0.435 e. The average Bonchev–Trinajstić information content (AvgIpc) is 3.03. The first kappa shape index (κ1) is 17.0. The van der Waals surface area contributed by atoms with Crippen molar-refractivity contribution in [1.29, 1.82) is 0 Å². The van der Waals surface area contributed by atoms with Crippen LogP contribution in [0.4, 0.5) is 19.3 Å². The van der Waals surface area contributed by atoms with Crippen molar-refractivity contribution >= 4 is 17.6 Å². The van der Waals surface area contributed by atoms with Crippen molar-refractivity contribution < 1.29 is 23.1 Å². The van der Waals surface area contributed by atoms with Gasteiger partial charge in [0.15, 0.2) is 0 Å². The number of urea groups is 1. The van der Waals surface area contributed by atoms with Crippen LogP contribution in [0, 0.1) is 0 Å². The molecule has 1 fully saturated rings. The molecule has 2 N–H and O–H groups in total. The van der Waals surface area contributed by atoms with Crippen LogP contribution in [0.15, 0.2) is 24.3 Å². The van der Waals surface area contributed by atoms with Crippen LogP contribution >= 0.6 is 0 Å². The van der Waals surface area contributed by atoms with Gasteiger partial charge in [-0.1, -0.05) is 0 Å². The number of rotatable bonds is 6. The molecule has 0 saturated carbocycles. The lowest BCUT2D eigenvalue weighted by molar-refractivity contribution is -0.129. The first-order valence-corrected chi connectivity index (χ1v) is 7.42. The molecule has 1 aromatic rings. The summed E-state index contributed by atoms with van der Waals surface area (Å²) in [6.45, 7) is -1.06. The minimum absolute atomic E-state index is 0.0159. The zero-order valence-electron chi connectivity index (χ0n) is 12.6. The molecule has 1 aliphatic heterocycles. The van der Waals surface area contributed by atoms with E-state index in [0.717, 1.165) is 25.9 Å². The predicted octanol–water partition coefficient (Wildman–Crippen LogP) is 2.42. The Morgan fingerprint density at radius 1 is 1.17 bits per heavy atom. The van der Waals surface area contributed by atoms with Gasteiger partial charge in [0.25, 0.3) is 0 Å². The second-order valence-corrected chi connectivity index (χ2v) is 5.12. The fourth-order valence-corrected chi connectivity index (χ4v) is 2.30. The first-order chi connectivity index (χ1) is 11.0. The summed E-state index contributed by atoms with van der Waals surface area (Å²) in [5, 5.41) is 5.13. The van der Waals surface area contributed by atoms with Crippen LogP contribution in [0.5, 0.6) is 5.75 Å². The third-order valence-electron chi connectivity index (χ3n) is 3.42. The molecular formula is C15H19F2N3O3. The van der Waals surface area contributed by atoms with E-state index in [2.05, 4.69) is 15.4 Å². The lowest BCUT2D eigenvalue weighted by Gasteiger charge is -2.15. The SMILES string of the molecule is O=C(NCCC(=O)N1CCCC1)Nc1ccc(OC(F)F)cc1. The number of alkyl halides is 2. The maximum Gasteiger partial charge on any atom is 0.387 e. The molecule has 0 spiro atoms. The van der Waals surface area contributed by atoms with Crippen LogP contribution in [0.25, 0.3) is 0 Å². The van der Waals surface area contributed by atoms with E-state index in [0.29, 0.717) is 5.69 Å². The summed E-state index contributed by atoms with van der Waals surface area (Å²) in [6.07, 6.45) is 2.32. The number of anilines is 1. The molecule has 0 unspecified atom stereocenters. The number of hydrogen-bond donors (Lipinski definition) is 2. The van der Waals surface area contributed by atoms with E-state index in [1.54, 1.807) is 4.90 Å². The van der Waals surface area contributed by atoms with Crippen LogP contribution in [0.1, 0.15) is 19.3 Å². The lowest BCUT2D eigenvalue weighted by Crippen LogP contribution is -2.34. The van der Waals surface area contributed by atoms with E-state index in [1.165, 1.54) is 24.3 Å². The average molecular weight is 327 g/mol. The van der Waals surface area contributed by atoms with E-state index in [4.69, 9.17) is 0 Å². The number of hydrogen-bond acceptors (Lipinski definition) is 3. The van der Waals surface area contributed by atoms with Gasteiger partial charge in [-0.15, -0.1) is 0 Å². The Morgan fingerprint density at radius 2 is 1.83 bits per heavy atom. The van der Waals surface area contributed by atoms with Gasteiger partial charge in [0.1, 0.15) is 5.75 Å². The number of nitrogens with zero attached hydrogens (tertiary/aromatic N) is 1. The second kappa shape index (κ2) is 8.30. The summed E-state index contributed by atoms with van der Waals surface area (Å²) >= 11 is 0. The smallest absolute Gasteiger partial charge is 0.387 e. The number of likely N-dealkylation sites (tertiary alicyclic amines) is 1. The quantitative estimate of drug-likeness (QED) is 0.843. The largest absolute Gasteiger partial charge is 0.435 e. The molecule has 0 atom stereocenters. The molecule has 0 aliphatic carbocycles. The van der Waals surface area contributed by atoms with E-state index in [1.807, 2.05) is 0 Å². The van der Waals surface area contributed by atoms with Crippen molar-refractivity contribution in [3.8, 4) is 5.75 Å². The van der Waals surface area contributed by atoms with Gasteiger partial charge in [-0.2, -0.15) is 8.78 Å². The van der Waals surface area contributed by atoms with Crippen LogP contribution in [0.3, 0.4) is 0 Å². The molecule has 126 valence electrons. The topological polar surface area (TPSA) is 70.7 Å². The van der Waals surface area contributed by atoms with Gasteiger partial charge in [0.05, 0.1) is 0 Å². The number of carbonyl (C=O) groups is 2. The van der Waals surface area contributed by atoms with E-state index in [9.17, 15) is 18.4 Å². The van der Waals surface area contributed by atoms with E-state index in [-0.39, 0.29) is 24.6 Å². The third kappa shape index (κ3) is 5.72. The van der Waals surface area contributed by atoms with Crippen molar-refractivity contribution in [2.45, 2.75) is 25.9 Å². The zero-order valence-corrected chi connectivity index (χ0v) is 12.6. The number of benzene rings is 1. The predicted molar refractivity (Wildman–Crippen MR) is 80.5 cm³/mol. The van der Waals surface area contributed by atoms with Crippen LogP contribution in [-0.4, -0.2) is 43.1 Å². The highest BCUT2D eigenvalue weighted by Gasteiger charge is 2.17. The minimum atomic E-state index is -2.88. The molecule has 2 rings (SSSR count). The van der Waals surface area contributed by atoms with Crippen LogP contribution < -0.4 is 15.4 Å². The van der Waals surface area contributed by atoms with Crippen molar-refractivity contribution in [2.24, 2.45) is 0 Å². The van der Waals surface area contributed by atoms with Gasteiger partial charge in [-0.3, -0.25) is 4.79 Å². The molecule has 1 aliphatic rings. The maximum absolute atomic E-state index is 12.0. The highest BCUT2D eigenvalue weighted by Crippen LogP contribution is 2.17. The van der Waals surface area contributed by atoms with Gasteiger partial charge in [0.2, 0.25) is 5.91 Å². The lowest BCUT2D eigenvalue weighted by atomic mass is 10.3. The Hall–Kier alpha value is -2.38. The Bertz CT molecular complexity index is 531. The van der Waals surface area contributed by atoms with Gasteiger partial charge in [-0.25, -0.2) is 4.79 Å². The fourth-order valence-electron chi connectivity index (χ4n) is 2.30. The number of ether oxygens (including phenoxy) is 1. The molecule has 1 heterocycles. The monoisotopic (exact) mass is 327 g/mol. The summed E-state index contributed by atoms with van der Waals surface area (Å²) in [6, 6.07) is 5.11. The van der Waals surface area contributed by atoms with Crippen molar-refractivity contribution in [3.05, 3.63) is 24.3 Å². The molecule has 23 heavy (non-hydrogen) atoms. The molecular weight excluding hydrogens is 308 g/mol. The van der Waals surface area contributed by atoms with E-state index >= 15 is 0 Å². The van der Waals surface area contributed by atoms with Gasteiger partial charge < -0.3 is 20.3 Å². The highest BCUT2D eigenvalue weighted by atomic mass is 19.3. The molecule has 0 radical (unpaired) electrons. The number of halogens is 2. The first-order valence-electron chi connectivity index (χ1n) is 7.42. The molecule has 1 saturated heterocycles. The van der Waals surface area contributed by atoms with Gasteiger partial charge >= 0.3 is 12.6 Å². The summed E-state index contributed by atoms with van der Waals surface area (Å²) in [4.78, 5) is 25.3. The second-order valence-electron chi connectivity index (χ2n) is 5.12. The molecule has 1 aromatic carbocycles. The summed E-state index contributed by atoms with van der Waals surface area (Å²) in [7, 11) is 0. The Labute approximate surface area is 132 Å². The van der Waals surface area contributed by atoms with Gasteiger partial charge in [-0.05, 0) is 37.1 Å². The Balaban J connectivity index is 1.68. The molecule has 0 aromatic heterocycles. The molecule has 0 bridgehead atoms. The van der Waals surface area contributed by atoms with Gasteiger partial charge in [0, 0.05) is 31.7 Å². The standard InChI is InChI=1S/C15H19F2N3O3/c16-14(17)23-12-5-3-11(4-6-12)19-15(22)18-8-7-13(21)20-9-1-2-10-20/h3-6,14H,1-2,7-10H2,(H2,18,19,22). The fraction of sp³-hybridized carbons (Fsp3) is 0.467. The normalized spacial score (nSPS) is 14.0. The molecule has 8 heteroatoms. The Morgan fingerprint density at radius 3 is 2.43 bits per heavy atom. The summed E-state index contributed by atoms with van der Waals surface area (Å²) in [5.41, 5.74) is 0.440. The van der Waals surface area contributed by atoms with Crippen molar-refractivity contribution in [2.75, 3.05) is 25.0 Å². The number of amides is 3. The number of nitrogens with one attached hydrogen (secondary N) is 2. The van der Waals surface area contributed by atoms with E-state index < -0.39 is 12.6 Å². The molecule has 3 amide bonds. The highest BCUT2D eigenvalue weighted by molar-refractivity contribution is 5.89. The summed E-state index contributed by atoms with van der Waals surface area (Å²) < 4.78 is 28.2. The molecule has 6 nitrogen and oxygen atoms in total.